The Morgan fingerprint density at radius 1 is 1.10 bits per heavy atom. The lowest BCUT2D eigenvalue weighted by atomic mass is 9.97. The van der Waals surface area contributed by atoms with Crippen molar-refractivity contribution in [2.24, 2.45) is 0 Å². The number of amides is 1. The van der Waals surface area contributed by atoms with Crippen LogP contribution in [-0.4, -0.2) is 35.8 Å². The third-order valence-corrected chi connectivity index (χ3v) is 4.54. The topological polar surface area (TPSA) is 81.7 Å². The normalized spacial score (nSPS) is 12.5. The van der Waals surface area contributed by atoms with Crippen molar-refractivity contribution in [3.63, 3.8) is 0 Å². The first-order valence-corrected chi connectivity index (χ1v) is 9.74. The first kappa shape index (κ1) is 22.0. The molecule has 1 amide bonds. The third kappa shape index (κ3) is 4.96. The number of carbonyl (C=O) groups excluding carboxylic acids is 2. The average Bonchev–Trinajstić information content (AvgIpc) is 2.72. The van der Waals surface area contributed by atoms with E-state index in [4.69, 9.17) is 0 Å². The number of carbonyl (C=O) groups is 2. The molecule has 3 N–H and O–H groups in total. The quantitative estimate of drug-likeness (QED) is 0.648. The van der Waals surface area contributed by atoms with E-state index in [-0.39, 0.29) is 23.0 Å². The summed E-state index contributed by atoms with van der Waals surface area (Å²) in [4.78, 5) is 25.7. The van der Waals surface area contributed by atoms with E-state index in [1.54, 1.807) is 26.2 Å². The minimum Gasteiger partial charge on any atom is -0.505 e. The number of benzene rings is 2. The third-order valence-electron chi connectivity index (χ3n) is 4.54. The number of hydrogen-bond donors (Lipinski definition) is 3. The molecule has 0 radical (unpaired) electrons. The Hall–Kier alpha value is -3.28. The van der Waals surface area contributed by atoms with Gasteiger partial charge in [0.25, 0.3) is 5.91 Å². The lowest BCUT2D eigenvalue weighted by Crippen LogP contribution is -2.32. The maximum Gasteiger partial charge on any atom is 0.257 e. The van der Waals surface area contributed by atoms with Crippen molar-refractivity contribution in [2.45, 2.75) is 33.7 Å². The molecule has 0 fully saturated rings. The molecular formula is C23H29N3O3. The molecule has 0 bridgehead atoms. The number of ketones is 1. The fourth-order valence-corrected chi connectivity index (χ4v) is 2.89. The molecule has 0 aromatic heterocycles. The molecule has 1 aliphatic carbocycles. The van der Waals surface area contributed by atoms with Gasteiger partial charge in [0, 0.05) is 26.3 Å². The predicted octanol–water partition coefficient (Wildman–Crippen LogP) is 3.81. The van der Waals surface area contributed by atoms with Crippen molar-refractivity contribution in [2.75, 3.05) is 19.4 Å². The summed E-state index contributed by atoms with van der Waals surface area (Å²) >= 11 is 0. The van der Waals surface area contributed by atoms with Gasteiger partial charge in [0.2, 0.25) is 0 Å². The SMILES string of the molecule is CC.Cc1ccc(C(=O)N(C)C)c(O)c1NC1=C(NCc2ccccc2)CC1=O. The minimum atomic E-state index is -0.299. The molecule has 154 valence electrons. The largest absolute Gasteiger partial charge is 0.505 e. The molecule has 0 atom stereocenters. The Labute approximate surface area is 172 Å². The van der Waals surface area contributed by atoms with Gasteiger partial charge in [-0.3, -0.25) is 9.59 Å². The number of allylic oxidation sites excluding steroid dienone is 2. The summed E-state index contributed by atoms with van der Waals surface area (Å²) in [6.07, 6.45) is 0.325. The van der Waals surface area contributed by atoms with Crippen molar-refractivity contribution in [1.29, 1.82) is 0 Å². The fraction of sp³-hybridized carbons (Fsp3) is 0.304. The van der Waals surface area contributed by atoms with Gasteiger partial charge < -0.3 is 20.6 Å². The monoisotopic (exact) mass is 395 g/mol. The lowest BCUT2D eigenvalue weighted by Gasteiger charge is -2.26. The number of nitrogens with zero attached hydrogens (tertiary/aromatic N) is 1. The number of Topliss-reactive ketones (excluding diaryl/α,β-unsaturated/α-hetero) is 1. The second kappa shape index (κ2) is 9.78. The van der Waals surface area contributed by atoms with Crippen molar-refractivity contribution in [1.82, 2.24) is 10.2 Å². The first-order chi connectivity index (χ1) is 13.9. The zero-order chi connectivity index (χ0) is 21.6. The molecule has 1 aliphatic rings. The van der Waals surface area contributed by atoms with E-state index in [0.717, 1.165) is 16.8 Å². The summed E-state index contributed by atoms with van der Waals surface area (Å²) in [6.45, 7) is 6.42. The summed E-state index contributed by atoms with van der Waals surface area (Å²) in [5.74, 6) is -0.482. The van der Waals surface area contributed by atoms with Crippen LogP contribution in [0.2, 0.25) is 0 Å². The van der Waals surface area contributed by atoms with Crippen LogP contribution in [0.3, 0.4) is 0 Å². The van der Waals surface area contributed by atoms with Gasteiger partial charge in [0.05, 0.1) is 17.7 Å². The predicted molar refractivity (Wildman–Crippen MR) is 116 cm³/mol. The number of phenols is 1. The van der Waals surface area contributed by atoms with E-state index < -0.39 is 0 Å². The second-order valence-corrected chi connectivity index (χ2v) is 6.77. The molecule has 0 saturated carbocycles. The van der Waals surface area contributed by atoms with E-state index >= 15 is 0 Å². The van der Waals surface area contributed by atoms with Crippen molar-refractivity contribution in [3.8, 4) is 5.75 Å². The average molecular weight is 396 g/mol. The molecule has 6 heteroatoms. The number of anilines is 1. The van der Waals surface area contributed by atoms with Gasteiger partial charge >= 0.3 is 0 Å². The van der Waals surface area contributed by atoms with Gasteiger partial charge in [0.1, 0.15) is 5.70 Å². The number of aromatic hydroxyl groups is 1. The van der Waals surface area contributed by atoms with Crippen molar-refractivity contribution < 1.29 is 14.7 Å². The highest BCUT2D eigenvalue weighted by molar-refractivity contribution is 6.07. The van der Waals surface area contributed by atoms with Gasteiger partial charge in [-0.05, 0) is 24.1 Å². The first-order valence-electron chi connectivity index (χ1n) is 9.74. The van der Waals surface area contributed by atoms with Gasteiger partial charge in [-0.25, -0.2) is 0 Å². The van der Waals surface area contributed by atoms with E-state index in [9.17, 15) is 14.7 Å². The lowest BCUT2D eigenvalue weighted by molar-refractivity contribution is -0.116. The van der Waals surface area contributed by atoms with Crippen LogP contribution in [-0.2, 0) is 11.3 Å². The molecule has 0 heterocycles. The Kier molecular flexibility index (Phi) is 7.42. The number of hydrogen-bond acceptors (Lipinski definition) is 5. The van der Waals surface area contributed by atoms with Crippen molar-refractivity contribution >= 4 is 17.4 Å². The second-order valence-electron chi connectivity index (χ2n) is 6.77. The minimum absolute atomic E-state index is 0.0336. The summed E-state index contributed by atoms with van der Waals surface area (Å²) < 4.78 is 0. The van der Waals surface area contributed by atoms with Crippen LogP contribution >= 0.6 is 0 Å². The number of rotatable bonds is 6. The maximum atomic E-state index is 12.2. The van der Waals surface area contributed by atoms with Crippen LogP contribution in [0.25, 0.3) is 0 Å². The van der Waals surface area contributed by atoms with Crippen LogP contribution in [0.1, 0.15) is 41.8 Å². The van der Waals surface area contributed by atoms with Crippen LogP contribution in [0.15, 0.2) is 53.9 Å². The van der Waals surface area contributed by atoms with Crippen LogP contribution in [0.4, 0.5) is 5.69 Å². The summed E-state index contributed by atoms with van der Waals surface area (Å²) in [5, 5.41) is 16.9. The Morgan fingerprint density at radius 3 is 2.34 bits per heavy atom. The van der Waals surface area contributed by atoms with Crippen LogP contribution in [0, 0.1) is 6.92 Å². The standard InChI is InChI=1S/C21H23N3O3.C2H6/c1-13-9-10-15(21(27)24(2)3)20(26)18(13)23-19-16(11-17(19)25)22-12-14-7-5-4-6-8-14;1-2/h4-10,22-23,26H,11-12H2,1-3H3;1-2H3. The van der Waals surface area contributed by atoms with E-state index in [0.29, 0.717) is 24.4 Å². The molecule has 29 heavy (non-hydrogen) atoms. The molecular weight excluding hydrogens is 366 g/mol. The zero-order valence-electron chi connectivity index (χ0n) is 17.7. The summed E-state index contributed by atoms with van der Waals surface area (Å²) in [7, 11) is 3.25. The molecule has 2 aromatic rings. The van der Waals surface area contributed by atoms with Gasteiger partial charge in [-0.1, -0.05) is 50.2 Å². The molecule has 0 saturated heterocycles. The Bertz CT molecular complexity index is 918. The van der Waals surface area contributed by atoms with Crippen LogP contribution < -0.4 is 10.6 Å². The number of nitrogens with one attached hydrogen (secondary N) is 2. The smallest absolute Gasteiger partial charge is 0.257 e. The molecule has 2 aromatic carbocycles. The molecule has 3 rings (SSSR count). The highest BCUT2D eigenvalue weighted by Crippen LogP contribution is 2.35. The summed E-state index contributed by atoms with van der Waals surface area (Å²) in [6, 6.07) is 13.2. The van der Waals surface area contributed by atoms with Gasteiger partial charge in [-0.15, -0.1) is 0 Å². The van der Waals surface area contributed by atoms with Gasteiger partial charge in [-0.2, -0.15) is 0 Å². The van der Waals surface area contributed by atoms with Crippen LogP contribution in [0.5, 0.6) is 5.75 Å². The van der Waals surface area contributed by atoms with Crippen molar-refractivity contribution in [3.05, 3.63) is 70.5 Å². The molecule has 0 aliphatic heterocycles. The zero-order valence-corrected chi connectivity index (χ0v) is 17.7. The fourth-order valence-electron chi connectivity index (χ4n) is 2.89. The maximum absolute atomic E-state index is 12.2. The van der Waals surface area contributed by atoms with Gasteiger partial charge in [0.15, 0.2) is 11.5 Å². The molecule has 0 spiro atoms. The highest BCUT2D eigenvalue weighted by atomic mass is 16.3. The van der Waals surface area contributed by atoms with E-state index in [2.05, 4.69) is 10.6 Å². The number of phenolic OH excluding ortho intramolecular Hbond substituents is 1. The summed E-state index contributed by atoms with van der Waals surface area (Å²) in [5.41, 5.74) is 3.66. The Balaban J connectivity index is 0.00000145. The molecule has 6 nitrogen and oxygen atoms in total. The highest BCUT2D eigenvalue weighted by Gasteiger charge is 2.29. The Morgan fingerprint density at radius 2 is 1.76 bits per heavy atom. The van der Waals surface area contributed by atoms with E-state index in [1.165, 1.54) is 4.90 Å². The number of aryl methyl sites for hydroxylation is 1. The van der Waals surface area contributed by atoms with E-state index in [1.807, 2.05) is 51.1 Å². The molecule has 0 unspecified atom stereocenters.